The molecule has 3 aromatic carbocycles. The fourth-order valence-electron chi connectivity index (χ4n) is 6.45. The van der Waals surface area contributed by atoms with Crippen LogP contribution < -0.4 is 13.7 Å². The zero-order valence-electron chi connectivity index (χ0n) is 23.7. The average Bonchev–Trinajstić information content (AvgIpc) is 3.25. The van der Waals surface area contributed by atoms with E-state index in [-0.39, 0.29) is 4.90 Å². The molecule has 0 aromatic heterocycles. The summed E-state index contributed by atoms with van der Waals surface area (Å²) >= 11 is 0. The quantitative estimate of drug-likeness (QED) is 0.274. The van der Waals surface area contributed by atoms with Crippen LogP contribution in [-0.4, -0.2) is 22.6 Å². The van der Waals surface area contributed by atoms with Gasteiger partial charge >= 0.3 is 10.1 Å². The van der Waals surface area contributed by atoms with E-state index in [1.165, 1.54) is 16.7 Å². The SMILES string of the molecule is CCC(C)C(C)c1cc2c(cc1OC)C1Cc3ccc(OC)c(OS(=O)(=O)c4ccccc4)c3CC(CC2)C1. The van der Waals surface area contributed by atoms with E-state index < -0.39 is 10.1 Å². The monoisotopic (exact) mass is 548 g/mol. The Hall–Kier alpha value is -2.99. The van der Waals surface area contributed by atoms with E-state index in [4.69, 9.17) is 13.7 Å². The van der Waals surface area contributed by atoms with Crippen molar-refractivity contribution in [1.29, 1.82) is 0 Å². The molecule has 2 aliphatic carbocycles. The molecule has 0 N–H and O–H groups in total. The van der Waals surface area contributed by atoms with Crippen LogP contribution in [0, 0.1) is 11.8 Å². The van der Waals surface area contributed by atoms with Gasteiger partial charge in [0.1, 0.15) is 10.6 Å². The molecule has 5 nitrogen and oxygen atoms in total. The van der Waals surface area contributed by atoms with Crippen molar-refractivity contribution in [2.45, 2.75) is 76.0 Å². The van der Waals surface area contributed by atoms with Crippen molar-refractivity contribution in [2.24, 2.45) is 11.8 Å². The average molecular weight is 549 g/mol. The molecule has 2 bridgehead atoms. The number of hydrogen-bond acceptors (Lipinski definition) is 5. The summed E-state index contributed by atoms with van der Waals surface area (Å²) in [4.78, 5) is 0.136. The van der Waals surface area contributed by atoms with Gasteiger partial charge in [-0.05, 0) is 102 Å². The van der Waals surface area contributed by atoms with E-state index in [2.05, 4.69) is 39.0 Å². The molecular weight excluding hydrogens is 508 g/mol. The summed E-state index contributed by atoms with van der Waals surface area (Å²) in [5.74, 6) is 3.53. The van der Waals surface area contributed by atoms with Crippen molar-refractivity contribution < 1.29 is 22.1 Å². The van der Waals surface area contributed by atoms with Gasteiger partial charge in [0.2, 0.25) is 0 Å². The third-order valence-corrected chi connectivity index (χ3v) is 10.3. The second kappa shape index (κ2) is 11.2. The van der Waals surface area contributed by atoms with Crippen molar-refractivity contribution in [3.05, 3.63) is 82.4 Å². The molecule has 3 aromatic rings. The number of hydrogen-bond donors (Lipinski definition) is 0. The normalized spacial score (nSPS) is 20.0. The topological polar surface area (TPSA) is 61.8 Å². The summed E-state index contributed by atoms with van der Waals surface area (Å²) in [5, 5.41) is 0. The highest BCUT2D eigenvalue weighted by atomic mass is 32.2. The number of fused-ring (bicyclic) bond motifs is 5. The lowest BCUT2D eigenvalue weighted by Gasteiger charge is -2.25. The summed E-state index contributed by atoms with van der Waals surface area (Å²) in [5.41, 5.74) is 6.21. The molecular formula is C33H40O5S. The van der Waals surface area contributed by atoms with E-state index in [1.807, 2.05) is 6.07 Å². The first-order valence-electron chi connectivity index (χ1n) is 14.1. The van der Waals surface area contributed by atoms with Crippen LogP contribution in [0.2, 0.25) is 0 Å². The van der Waals surface area contributed by atoms with Gasteiger partial charge in [0.05, 0.1) is 14.2 Å². The minimum Gasteiger partial charge on any atom is -0.496 e. The number of ether oxygens (including phenoxy) is 2. The van der Waals surface area contributed by atoms with Gasteiger partial charge < -0.3 is 13.7 Å². The summed E-state index contributed by atoms with van der Waals surface area (Å²) in [7, 11) is -0.660. The van der Waals surface area contributed by atoms with Gasteiger partial charge in [-0.25, -0.2) is 0 Å². The number of aryl methyl sites for hydroxylation is 1. The van der Waals surface area contributed by atoms with E-state index >= 15 is 0 Å². The van der Waals surface area contributed by atoms with Crippen molar-refractivity contribution in [1.82, 2.24) is 0 Å². The number of methoxy groups -OCH3 is 2. The zero-order valence-corrected chi connectivity index (χ0v) is 24.5. The van der Waals surface area contributed by atoms with Gasteiger partial charge in [0.15, 0.2) is 11.5 Å². The number of rotatable bonds is 8. The van der Waals surface area contributed by atoms with Crippen LogP contribution in [0.1, 0.15) is 79.7 Å². The molecule has 0 aliphatic heterocycles. The summed E-state index contributed by atoms with van der Waals surface area (Å²) in [6.45, 7) is 6.88. The van der Waals surface area contributed by atoms with Crippen LogP contribution in [0.15, 0.2) is 59.5 Å². The molecule has 0 fully saturated rings. The first-order chi connectivity index (χ1) is 18.7. The Morgan fingerprint density at radius 2 is 1.67 bits per heavy atom. The Bertz CT molecular complexity index is 1430. The molecule has 0 heterocycles. The molecule has 4 atom stereocenters. The van der Waals surface area contributed by atoms with Gasteiger partial charge in [0.25, 0.3) is 0 Å². The summed E-state index contributed by atoms with van der Waals surface area (Å²) in [6.07, 6.45) is 5.85. The highest BCUT2D eigenvalue weighted by molar-refractivity contribution is 7.87. The zero-order chi connectivity index (χ0) is 27.7. The standard InChI is InChI=1S/C33H40O5S/c1-6-21(2)22(3)28-19-25-13-12-23-16-26(29(25)20-32(28)37-5)18-24-14-15-31(36-4)33(30(24)17-23)38-39(34,35)27-10-8-7-9-11-27/h7-11,14-15,19-23,26H,6,12-13,16-18H2,1-5H3. The Kier molecular flexibility index (Phi) is 7.95. The molecule has 0 spiro atoms. The van der Waals surface area contributed by atoms with Crippen LogP contribution in [0.25, 0.3) is 0 Å². The first kappa shape index (κ1) is 27.6. The highest BCUT2D eigenvalue weighted by Crippen LogP contribution is 2.47. The van der Waals surface area contributed by atoms with Crippen LogP contribution >= 0.6 is 0 Å². The van der Waals surface area contributed by atoms with Crippen LogP contribution in [0.3, 0.4) is 0 Å². The van der Waals surface area contributed by atoms with Crippen molar-refractivity contribution in [3.8, 4) is 17.2 Å². The predicted molar refractivity (Wildman–Crippen MR) is 155 cm³/mol. The predicted octanol–water partition coefficient (Wildman–Crippen LogP) is 7.46. The van der Waals surface area contributed by atoms with Crippen LogP contribution in [0.4, 0.5) is 0 Å². The maximum Gasteiger partial charge on any atom is 0.339 e. The Morgan fingerprint density at radius 1 is 0.923 bits per heavy atom. The minimum absolute atomic E-state index is 0.136. The van der Waals surface area contributed by atoms with E-state index in [1.54, 1.807) is 44.6 Å². The van der Waals surface area contributed by atoms with E-state index in [9.17, 15) is 8.42 Å². The van der Waals surface area contributed by atoms with E-state index in [0.717, 1.165) is 55.4 Å². The molecule has 4 unspecified atom stereocenters. The van der Waals surface area contributed by atoms with Gasteiger partial charge in [-0.2, -0.15) is 8.42 Å². The fraction of sp³-hybridized carbons (Fsp3) is 0.455. The molecule has 0 radical (unpaired) electrons. The lowest BCUT2D eigenvalue weighted by atomic mass is 9.82. The van der Waals surface area contributed by atoms with Gasteiger partial charge in [0, 0.05) is 5.56 Å². The third kappa shape index (κ3) is 5.41. The minimum atomic E-state index is -4.00. The Morgan fingerprint density at radius 3 is 2.36 bits per heavy atom. The molecule has 39 heavy (non-hydrogen) atoms. The molecule has 5 rings (SSSR count). The molecule has 0 saturated heterocycles. The van der Waals surface area contributed by atoms with Gasteiger partial charge in [-0.3, -0.25) is 0 Å². The van der Waals surface area contributed by atoms with Crippen molar-refractivity contribution in [3.63, 3.8) is 0 Å². The van der Waals surface area contributed by atoms with Gasteiger partial charge in [-0.1, -0.05) is 57.5 Å². The highest BCUT2D eigenvalue weighted by Gasteiger charge is 2.34. The maximum absolute atomic E-state index is 13.2. The lowest BCUT2D eigenvalue weighted by Crippen LogP contribution is -2.14. The molecule has 0 amide bonds. The Balaban J connectivity index is 1.55. The van der Waals surface area contributed by atoms with Gasteiger partial charge in [-0.15, -0.1) is 0 Å². The number of benzene rings is 3. The molecule has 0 saturated carbocycles. The van der Waals surface area contributed by atoms with Crippen molar-refractivity contribution >= 4 is 10.1 Å². The molecule has 2 aliphatic rings. The third-order valence-electron chi connectivity index (χ3n) is 9.08. The molecule has 208 valence electrons. The second-order valence-corrected chi connectivity index (χ2v) is 12.8. The molecule has 6 heteroatoms. The van der Waals surface area contributed by atoms with Crippen LogP contribution in [0.5, 0.6) is 17.2 Å². The lowest BCUT2D eigenvalue weighted by molar-refractivity contribution is 0.385. The van der Waals surface area contributed by atoms with Crippen LogP contribution in [-0.2, 0) is 29.4 Å². The second-order valence-electron chi connectivity index (χ2n) is 11.3. The largest absolute Gasteiger partial charge is 0.496 e. The summed E-state index contributed by atoms with van der Waals surface area (Å²) < 4.78 is 43.9. The first-order valence-corrected chi connectivity index (χ1v) is 15.5. The Labute approximate surface area is 233 Å². The van der Waals surface area contributed by atoms with Crippen molar-refractivity contribution in [2.75, 3.05) is 14.2 Å². The van der Waals surface area contributed by atoms with E-state index in [0.29, 0.717) is 35.2 Å². The summed E-state index contributed by atoms with van der Waals surface area (Å²) in [6, 6.07) is 16.9. The maximum atomic E-state index is 13.2. The smallest absolute Gasteiger partial charge is 0.339 e. The fourth-order valence-corrected chi connectivity index (χ4v) is 7.44.